The van der Waals surface area contributed by atoms with Crippen molar-refractivity contribution in [2.75, 3.05) is 13.1 Å². The van der Waals surface area contributed by atoms with E-state index < -0.39 is 0 Å². The van der Waals surface area contributed by atoms with E-state index in [0.29, 0.717) is 0 Å². The lowest BCUT2D eigenvalue weighted by Gasteiger charge is -2.20. The number of urea groups is 1. The number of carbonyl (C=O) groups excluding carboxylic acids is 1. The minimum atomic E-state index is 0.00917. The summed E-state index contributed by atoms with van der Waals surface area (Å²) >= 11 is 0. The maximum Gasteiger partial charge on any atom is 0.321 e. The van der Waals surface area contributed by atoms with Gasteiger partial charge in [-0.3, -0.25) is 0 Å². The van der Waals surface area contributed by atoms with Gasteiger partial charge in [-0.05, 0) is 26.7 Å². The molecule has 0 aliphatic carbocycles. The lowest BCUT2D eigenvalue weighted by atomic mass is 10.3. The van der Waals surface area contributed by atoms with E-state index in [4.69, 9.17) is 0 Å². The van der Waals surface area contributed by atoms with E-state index in [0.717, 1.165) is 31.5 Å². The lowest BCUT2D eigenvalue weighted by molar-refractivity contribution is 0.201. The molecule has 0 aromatic rings. The molecule has 2 amide bonds. The maximum atomic E-state index is 11.6. The van der Waals surface area contributed by atoms with Crippen LogP contribution in [0.4, 0.5) is 4.79 Å². The van der Waals surface area contributed by atoms with Gasteiger partial charge < -0.3 is 10.2 Å². The molecule has 3 nitrogen and oxygen atoms in total. The fourth-order valence-electron chi connectivity index (χ4n) is 1.15. The fraction of sp³-hybridized carbons (Fsp3) is 0.727. The van der Waals surface area contributed by atoms with Gasteiger partial charge in [0.15, 0.2) is 0 Å². The molecule has 0 radical (unpaired) electrons. The molecule has 0 saturated heterocycles. The van der Waals surface area contributed by atoms with E-state index in [9.17, 15) is 4.79 Å². The molecule has 0 rings (SSSR count). The highest BCUT2D eigenvalue weighted by Gasteiger charge is 2.08. The van der Waals surface area contributed by atoms with Crippen LogP contribution in [0, 0.1) is 0 Å². The zero-order chi connectivity index (χ0) is 11.0. The number of hydrogen-bond acceptors (Lipinski definition) is 1. The first-order chi connectivity index (χ1) is 6.61. The third-order valence-corrected chi connectivity index (χ3v) is 1.76. The highest BCUT2D eigenvalue weighted by Crippen LogP contribution is 1.95. The van der Waals surface area contributed by atoms with Crippen LogP contribution in [-0.2, 0) is 0 Å². The Labute approximate surface area is 87.2 Å². The molecular weight excluding hydrogens is 176 g/mol. The van der Waals surface area contributed by atoms with E-state index in [-0.39, 0.29) is 6.03 Å². The zero-order valence-electron chi connectivity index (χ0n) is 9.76. The Hall–Kier alpha value is -0.990. The number of hydrogen-bond donors (Lipinski definition) is 1. The van der Waals surface area contributed by atoms with Crippen LogP contribution in [0.1, 0.15) is 40.5 Å². The van der Waals surface area contributed by atoms with Crippen LogP contribution >= 0.6 is 0 Å². The van der Waals surface area contributed by atoms with Crippen LogP contribution in [0.3, 0.4) is 0 Å². The van der Waals surface area contributed by atoms with Gasteiger partial charge in [-0.25, -0.2) is 4.79 Å². The molecule has 0 aromatic carbocycles. The van der Waals surface area contributed by atoms with E-state index >= 15 is 0 Å². The number of rotatable bonds is 5. The van der Waals surface area contributed by atoms with Gasteiger partial charge in [-0.2, -0.15) is 0 Å². The molecule has 0 aliphatic heterocycles. The fourth-order valence-corrected chi connectivity index (χ4v) is 1.15. The second kappa shape index (κ2) is 7.42. The quantitative estimate of drug-likeness (QED) is 0.723. The predicted octanol–water partition coefficient (Wildman–Crippen LogP) is 2.74. The van der Waals surface area contributed by atoms with Gasteiger partial charge in [-0.15, -0.1) is 0 Å². The SMILES string of the molecule is CCCN(CCC)C(=O)NC=C(C)C. The van der Waals surface area contributed by atoms with E-state index in [1.165, 1.54) is 0 Å². The van der Waals surface area contributed by atoms with Gasteiger partial charge in [0.25, 0.3) is 0 Å². The molecule has 1 N–H and O–H groups in total. The molecule has 3 heteroatoms. The number of nitrogens with zero attached hydrogens (tertiary/aromatic N) is 1. The van der Waals surface area contributed by atoms with Crippen molar-refractivity contribution in [3.05, 3.63) is 11.8 Å². The van der Waals surface area contributed by atoms with Crippen LogP contribution in [0.5, 0.6) is 0 Å². The standard InChI is InChI=1S/C11H22N2O/c1-5-7-13(8-6-2)11(14)12-9-10(3)4/h9H,5-8H2,1-4H3,(H,12,14). The Kier molecular flexibility index (Phi) is 6.89. The number of allylic oxidation sites excluding steroid dienone is 1. The Balaban J connectivity index is 4.07. The summed E-state index contributed by atoms with van der Waals surface area (Å²) < 4.78 is 0. The first-order valence-electron chi connectivity index (χ1n) is 5.30. The number of nitrogens with one attached hydrogen (secondary N) is 1. The summed E-state index contributed by atoms with van der Waals surface area (Å²) in [7, 11) is 0. The molecule has 82 valence electrons. The van der Waals surface area contributed by atoms with Gasteiger partial charge in [0.2, 0.25) is 0 Å². The molecule has 0 aliphatic rings. The third kappa shape index (κ3) is 5.62. The van der Waals surface area contributed by atoms with Gasteiger partial charge in [-0.1, -0.05) is 19.4 Å². The Morgan fingerprint density at radius 3 is 2.07 bits per heavy atom. The largest absolute Gasteiger partial charge is 0.325 e. The Morgan fingerprint density at radius 2 is 1.71 bits per heavy atom. The molecule has 0 spiro atoms. The highest BCUT2D eigenvalue weighted by molar-refractivity contribution is 5.75. The molecule has 0 saturated carbocycles. The minimum Gasteiger partial charge on any atom is -0.325 e. The minimum absolute atomic E-state index is 0.00917. The van der Waals surface area contributed by atoms with Crippen molar-refractivity contribution < 1.29 is 4.79 Å². The number of amides is 2. The van der Waals surface area contributed by atoms with Crippen LogP contribution in [0.25, 0.3) is 0 Å². The molecule has 0 heterocycles. The van der Waals surface area contributed by atoms with Crippen LogP contribution in [-0.4, -0.2) is 24.0 Å². The molecule has 0 fully saturated rings. The summed E-state index contributed by atoms with van der Waals surface area (Å²) in [6.45, 7) is 9.74. The summed E-state index contributed by atoms with van der Waals surface area (Å²) in [6, 6.07) is 0.00917. The second-order valence-corrected chi connectivity index (χ2v) is 3.66. The average Bonchev–Trinajstić information content (AvgIpc) is 2.14. The van der Waals surface area contributed by atoms with Crippen molar-refractivity contribution >= 4 is 6.03 Å². The van der Waals surface area contributed by atoms with Gasteiger partial charge >= 0.3 is 6.03 Å². The number of carbonyl (C=O) groups is 1. The predicted molar refractivity (Wildman–Crippen MR) is 60.1 cm³/mol. The van der Waals surface area contributed by atoms with E-state index in [1.54, 1.807) is 6.20 Å². The summed E-state index contributed by atoms with van der Waals surface area (Å²) in [4.78, 5) is 13.4. The van der Waals surface area contributed by atoms with Gasteiger partial charge in [0, 0.05) is 19.3 Å². The summed E-state index contributed by atoms with van der Waals surface area (Å²) in [5.41, 5.74) is 1.10. The first kappa shape index (κ1) is 13.0. The van der Waals surface area contributed by atoms with Crippen LogP contribution < -0.4 is 5.32 Å². The van der Waals surface area contributed by atoms with Crippen molar-refractivity contribution in [1.82, 2.24) is 10.2 Å². The third-order valence-electron chi connectivity index (χ3n) is 1.76. The first-order valence-corrected chi connectivity index (χ1v) is 5.30. The zero-order valence-corrected chi connectivity index (χ0v) is 9.76. The van der Waals surface area contributed by atoms with Crippen molar-refractivity contribution in [2.45, 2.75) is 40.5 Å². The Bertz CT molecular complexity index is 189. The summed E-state index contributed by atoms with van der Waals surface area (Å²) in [5.74, 6) is 0. The molecule has 0 aromatic heterocycles. The summed E-state index contributed by atoms with van der Waals surface area (Å²) in [6.07, 6.45) is 3.76. The van der Waals surface area contributed by atoms with Gasteiger partial charge in [0.05, 0.1) is 0 Å². The average molecular weight is 198 g/mol. The van der Waals surface area contributed by atoms with Crippen molar-refractivity contribution in [2.24, 2.45) is 0 Å². The van der Waals surface area contributed by atoms with E-state index in [1.807, 2.05) is 18.7 Å². The van der Waals surface area contributed by atoms with Crippen LogP contribution in [0.2, 0.25) is 0 Å². The molecule has 0 atom stereocenters. The molecular formula is C11H22N2O. The monoisotopic (exact) mass is 198 g/mol. The van der Waals surface area contributed by atoms with Crippen molar-refractivity contribution in [3.8, 4) is 0 Å². The van der Waals surface area contributed by atoms with Crippen LogP contribution in [0.15, 0.2) is 11.8 Å². The van der Waals surface area contributed by atoms with E-state index in [2.05, 4.69) is 19.2 Å². The van der Waals surface area contributed by atoms with Crippen molar-refractivity contribution in [1.29, 1.82) is 0 Å². The smallest absolute Gasteiger partial charge is 0.321 e. The van der Waals surface area contributed by atoms with Gasteiger partial charge in [0.1, 0.15) is 0 Å². The topological polar surface area (TPSA) is 32.3 Å². The lowest BCUT2D eigenvalue weighted by Crippen LogP contribution is -2.38. The Morgan fingerprint density at radius 1 is 1.21 bits per heavy atom. The molecule has 14 heavy (non-hydrogen) atoms. The van der Waals surface area contributed by atoms with Crippen molar-refractivity contribution in [3.63, 3.8) is 0 Å². The molecule has 0 bridgehead atoms. The highest BCUT2D eigenvalue weighted by atomic mass is 16.2. The second-order valence-electron chi connectivity index (χ2n) is 3.66. The molecule has 0 unspecified atom stereocenters. The summed E-state index contributed by atoms with van der Waals surface area (Å²) in [5, 5.41) is 2.78. The maximum absolute atomic E-state index is 11.6. The normalized spacial score (nSPS) is 9.43.